The van der Waals surface area contributed by atoms with Gasteiger partial charge in [-0.15, -0.1) is 0 Å². The third kappa shape index (κ3) is 4.90. The third-order valence-electron chi connectivity index (χ3n) is 0.717. The standard InChI is InChI=1S/C6H10O3/c7-4-2-1-3-6(9)5-8/h1,3,5,7-9H,2,4H2/b3-1+,6-5-. The Labute approximate surface area is 53.6 Å². The Kier molecular flexibility index (Phi) is 4.63. The molecule has 9 heavy (non-hydrogen) atoms. The minimum Gasteiger partial charge on any atom is -0.512 e. The molecule has 3 nitrogen and oxygen atoms in total. The van der Waals surface area contributed by atoms with Crippen molar-refractivity contribution in [3.8, 4) is 0 Å². The van der Waals surface area contributed by atoms with Gasteiger partial charge >= 0.3 is 0 Å². The average Bonchev–Trinajstić information content (AvgIpc) is 1.89. The molecule has 0 rings (SSSR count). The maximum atomic E-state index is 8.53. The van der Waals surface area contributed by atoms with Crippen molar-refractivity contribution in [2.45, 2.75) is 6.42 Å². The molecule has 52 valence electrons. The molecule has 0 aliphatic carbocycles. The Bertz CT molecular complexity index is 115. The summed E-state index contributed by atoms with van der Waals surface area (Å²) in [6.07, 6.45) is 3.95. The number of aliphatic hydroxyl groups excluding tert-OH is 3. The smallest absolute Gasteiger partial charge is 0.149 e. The molecule has 0 bridgehead atoms. The van der Waals surface area contributed by atoms with Gasteiger partial charge in [-0.05, 0) is 12.5 Å². The van der Waals surface area contributed by atoms with Gasteiger partial charge in [0.15, 0.2) is 0 Å². The zero-order valence-corrected chi connectivity index (χ0v) is 4.99. The van der Waals surface area contributed by atoms with Crippen LogP contribution >= 0.6 is 0 Å². The highest BCUT2D eigenvalue weighted by Gasteiger charge is 1.79. The molecule has 0 saturated heterocycles. The van der Waals surface area contributed by atoms with Crippen molar-refractivity contribution in [2.75, 3.05) is 6.61 Å². The van der Waals surface area contributed by atoms with Gasteiger partial charge in [0.2, 0.25) is 0 Å². The van der Waals surface area contributed by atoms with E-state index in [9.17, 15) is 0 Å². The monoisotopic (exact) mass is 130 g/mol. The summed E-state index contributed by atoms with van der Waals surface area (Å²) in [5, 5.41) is 24.9. The molecule has 0 aromatic heterocycles. The molecule has 0 amide bonds. The molecule has 0 saturated carbocycles. The van der Waals surface area contributed by atoms with Gasteiger partial charge in [-0.25, -0.2) is 0 Å². The average molecular weight is 130 g/mol. The Morgan fingerprint density at radius 3 is 2.56 bits per heavy atom. The van der Waals surface area contributed by atoms with Crippen LogP contribution in [0.2, 0.25) is 0 Å². The van der Waals surface area contributed by atoms with Crippen molar-refractivity contribution < 1.29 is 15.3 Å². The molecule has 0 heterocycles. The van der Waals surface area contributed by atoms with Gasteiger partial charge in [0.25, 0.3) is 0 Å². The van der Waals surface area contributed by atoms with Crippen LogP contribution in [0.1, 0.15) is 6.42 Å². The maximum Gasteiger partial charge on any atom is 0.149 e. The fourth-order valence-electron chi connectivity index (χ4n) is 0.322. The highest BCUT2D eigenvalue weighted by molar-refractivity contribution is 5.06. The van der Waals surface area contributed by atoms with Gasteiger partial charge in [-0.2, -0.15) is 0 Å². The molecule has 0 unspecified atom stereocenters. The predicted octanol–water partition coefficient (Wildman–Crippen LogP) is 0.882. The van der Waals surface area contributed by atoms with Crippen molar-refractivity contribution in [2.24, 2.45) is 0 Å². The number of allylic oxidation sites excluding steroid dienone is 1. The van der Waals surface area contributed by atoms with E-state index < -0.39 is 0 Å². The molecule has 0 aliphatic rings. The number of aliphatic hydroxyl groups is 3. The first kappa shape index (κ1) is 8.04. The topological polar surface area (TPSA) is 60.7 Å². The van der Waals surface area contributed by atoms with E-state index >= 15 is 0 Å². The zero-order chi connectivity index (χ0) is 7.11. The third-order valence-corrected chi connectivity index (χ3v) is 0.717. The van der Waals surface area contributed by atoms with Gasteiger partial charge in [0, 0.05) is 6.61 Å². The summed E-state index contributed by atoms with van der Waals surface area (Å²) in [4.78, 5) is 0. The summed E-state index contributed by atoms with van der Waals surface area (Å²) in [6.45, 7) is 0.0508. The summed E-state index contributed by atoms with van der Waals surface area (Å²) in [7, 11) is 0. The lowest BCUT2D eigenvalue weighted by molar-refractivity contribution is 0.302. The molecule has 0 spiro atoms. The van der Waals surface area contributed by atoms with Gasteiger partial charge in [0.1, 0.15) is 12.0 Å². The van der Waals surface area contributed by atoms with E-state index in [1.807, 2.05) is 0 Å². The Morgan fingerprint density at radius 1 is 1.44 bits per heavy atom. The zero-order valence-electron chi connectivity index (χ0n) is 4.99. The van der Waals surface area contributed by atoms with Gasteiger partial charge in [0.05, 0.1) is 0 Å². The molecule has 0 aliphatic heterocycles. The lowest BCUT2D eigenvalue weighted by Crippen LogP contribution is -1.77. The molecule has 0 aromatic carbocycles. The van der Waals surface area contributed by atoms with Crippen LogP contribution in [0.3, 0.4) is 0 Å². The fraction of sp³-hybridized carbons (Fsp3) is 0.333. The number of hydrogen-bond donors (Lipinski definition) is 3. The van der Waals surface area contributed by atoms with Crippen LogP contribution < -0.4 is 0 Å². The predicted molar refractivity (Wildman–Crippen MR) is 34.2 cm³/mol. The van der Waals surface area contributed by atoms with Crippen molar-refractivity contribution >= 4 is 0 Å². The lowest BCUT2D eigenvalue weighted by atomic mass is 10.4. The van der Waals surface area contributed by atoms with Crippen LogP contribution in [0.5, 0.6) is 0 Å². The van der Waals surface area contributed by atoms with E-state index in [1.54, 1.807) is 6.08 Å². The van der Waals surface area contributed by atoms with E-state index in [-0.39, 0.29) is 12.4 Å². The van der Waals surface area contributed by atoms with E-state index in [0.29, 0.717) is 12.7 Å². The molecule has 3 N–H and O–H groups in total. The Morgan fingerprint density at radius 2 is 2.11 bits per heavy atom. The second kappa shape index (κ2) is 5.18. The molecular formula is C6H10O3. The van der Waals surface area contributed by atoms with E-state index in [0.717, 1.165) is 0 Å². The minimum atomic E-state index is -0.205. The number of hydrogen-bond acceptors (Lipinski definition) is 3. The van der Waals surface area contributed by atoms with Crippen LogP contribution in [0.15, 0.2) is 24.2 Å². The SMILES string of the molecule is O/C=C(O)/C=C/CCO. The minimum absolute atomic E-state index is 0.0508. The summed E-state index contributed by atoms with van der Waals surface area (Å²) in [5.41, 5.74) is 0. The van der Waals surface area contributed by atoms with Gasteiger partial charge < -0.3 is 15.3 Å². The highest BCUT2D eigenvalue weighted by Crippen LogP contribution is 1.89. The molecule has 0 atom stereocenters. The second-order valence-corrected chi connectivity index (χ2v) is 1.47. The van der Waals surface area contributed by atoms with Crippen molar-refractivity contribution in [1.82, 2.24) is 0 Å². The second-order valence-electron chi connectivity index (χ2n) is 1.47. The molecule has 0 radical (unpaired) electrons. The lowest BCUT2D eigenvalue weighted by Gasteiger charge is -1.85. The van der Waals surface area contributed by atoms with Crippen LogP contribution in [0.4, 0.5) is 0 Å². The van der Waals surface area contributed by atoms with E-state index in [2.05, 4.69) is 0 Å². The van der Waals surface area contributed by atoms with Crippen LogP contribution in [0.25, 0.3) is 0 Å². The van der Waals surface area contributed by atoms with Gasteiger partial charge in [-0.3, -0.25) is 0 Å². The molecule has 3 heteroatoms. The summed E-state index contributed by atoms with van der Waals surface area (Å²) < 4.78 is 0. The first-order valence-electron chi connectivity index (χ1n) is 2.62. The van der Waals surface area contributed by atoms with Crippen LogP contribution in [-0.4, -0.2) is 21.9 Å². The Balaban J connectivity index is 3.45. The van der Waals surface area contributed by atoms with Crippen molar-refractivity contribution in [3.05, 3.63) is 24.2 Å². The van der Waals surface area contributed by atoms with E-state index in [4.69, 9.17) is 15.3 Å². The van der Waals surface area contributed by atoms with Crippen molar-refractivity contribution in [3.63, 3.8) is 0 Å². The quantitative estimate of drug-likeness (QED) is 0.392. The molecule has 0 aromatic rings. The van der Waals surface area contributed by atoms with E-state index in [1.165, 1.54) is 6.08 Å². The highest BCUT2D eigenvalue weighted by atomic mass is 16.3. The maximum absolute atomic E-state index is 8.53. The normalized spacial score (nSPS) is 12.8. The first-order chi connectivity index (χ1) is 4.31. The van der Waals surface area contributed by atoms with Gasteiger partial charge in [-0.1, -0.05) is 6.08 Å². The fourth-order valence-corrected chi connectivity index (χ4v) is 0.322. The largest absolute Gasteiger partial charge is 0.512 e. The molecular weight excluding hydrogens is 120 g/mol. The van der Waals surface area contributed by atoms with Crippen LogP contribution in [-0.2, 0) is 0 Å². The number of rotatable bonds is 3. The summed E-state index contributed by atoms with van der Waals surface area (Å²) in [5.74, 6) is -0.205. The Hall–Kier alpha value is -0.960. The summed E-state index contributed by atoms with van der Waals surface area (Å²) >= 11 is 0. The van der Waals surface area contributed by atoms with Crippen LogP contribution in [0, 0.1) is 0 Å². The molecule has 0 fully saturated rings. The van der Waals surface area contributed by atoms with Crippen molar-refractivity contribution in [1.29, 1.82) is 0 Å². The summed E-state index contributed by atoms with van der Waals surface area (Å²) in [6, 6.07) is 0. The first-order valence-corrected chi connectivity index (χ1v) is 2.62.